The normalized spacial score (nSPS) is 12.2. The number of carbonyl (C=O) groups excluding carboxylic acids is 1. The van der Waals surface area contributed by atoms with Gasteiger partial charge in [0.1, 0.15) is 6.26 Å². The van der Waals surface area contributed by atoms with Crippen LogP contribution in [0.1, 0.15) is 22.9 Å². The van der Waals surface area contributed by atoms with Gasteiger partial charge in [0, 0.05) is 13.6 Å². The molecule has 2 rings (SSSR count). The number of hydrogen-bond acceptors (Lipinski definition) is 4. The predicted octanol–water partition coefficient (Wildman–Crippen LogP) is 1.68. The lowest BCUT2D eigenvalue weighted by Crippen LogP contribution is -2.31. The molecule has 19 heavy (non-hydrogen) atoms. The topological polar surface area (TPSA) is 66.6 Å². The van der Waals surface area contributed by atoms with Crippen LogP contribution in [0, 0.1) is 6.92 Å². The summed E-state index contributed by atoms with van der Waals surface area (Å²) in [6.07, 6.45) is 0.0637. The molecule has 1 aromatic heterocycles. The molecule has 0 radical (unpaired) electrons. The quantitative estimate of drug-likeness (QED) is 0.908. The number of benzene rings is 1. The van der Waals surface area contributed by atoms with Crippen molar-refractivity contribution in [2.75, 3.05) is 7.05 Å². The summed E-state index contributed by atoms with van der Waals surface area (Å²) < 4.78 is 4.73. The molecule has 0 aliphatic heterocycles. The molecular weight excluding hydrogens is 244 g/mol. The number of aryl methyl sites for hydroxylation is 1. The average Bonchev–Trinajstić information content (AvgIpc) is 2.84. The minimum Gasteiger partial charge on any atom is -0.378 e. The molecular formula is C14H16N2O3. The van der Waals surface area contributed by atoms with E-state index in [1.54, 1.807) is 14.0 Å². The van der Waals surface area contributed by atoms with Gasteiger partial charge in [-0.15, -0.1) is 0 Å². The highest BCUT2D eigenvalue weighted by Crippen LogP contribution is 2.19. The van der Waals surface area contributed by atoms with Gasteiger partial charge in [-0.05, 0) is 12.5 Å². The molecule has 5 nitrogen and oxygen atoms in total. The zero-order valence-corrected chi connectivity index (χ0v) is 10.9. The van der Waals surface area contributed by atoms with Gasteiger partial charge in [0.2, 0.25) is 0 Å². The van der Waals surface area contributed by atoms with Crippen molar-refractivity contribution in [3.05, 3.63) is 53.4 Å². The Labute approximate surface area is 111 Å². The maximum Gasteiger partial charge on any atom is 0.256 e. The summed E-state index contributed by atoms with van der Waals surface area (Å²) in [5, 5.41) is 13.7. The third kappa shape index (κ3) is 3.00. The molecule has 2 aromatic rings. The van der Waals surface area contributed by atoms with E-state index in [4.69, 9.17) is 4.52 Å². The Balaban J connectivity index is 2.05. The van der Waals surface area contributed by atoms with E-state index in [-0.39, 0.29) is 5.91 Å². The largest absolute Gasteiger partial charge is 0.378 e. The van der Waals surface area contributed by atoms with Gasteiger partial charge in [-0.1, -0.05) is 35.5 Å². The third-order valence-electron chi connectivity index (χ3n) is 2.95. The van der Waals surface area contributed by atoms with Crippen LogP contribution in [0.15, 0.2) is 41.1 Å². The summed E-state index contributed by atoms with van der Waals surface area (Å²) >= 11 is 0. The summed E-state index contributed by atoms with van der Waals surface area (Å²) in [6.45, 7) is 2.13. The number of aliphatic hydroxyl groups excluding tert-OH is 1. The molecule has 0 saturated heterocycles. The number of nitrogens with zero attached hydrogens (tertiary/aromatic N) is 2. The average molecular weight is 260 g/mol. The van der Waals surface area contributed by atoms with Crippen molar-refractivity contribution in [3.63, 3.8) is 0 Å². The maximum absolute atomic E-state index is 12.1. The van der Waals surface area contributed by atoms with E-state index in [1.807, 2.05) is 30.3 Å². The Kier molecular flexibility index (Phi) is 3.97. The summed E-state index contributed by atoms with van der Waals surface area (Å²) in [4.78, 5) is 13.6. The van der Waals surface area contributed by atoms with Crippen LogP contribution in [0.2, 0.25) is 0 Å². The van der Waals surface area contributed by atoms with Crippen LogP contribution < -0.4 is 0 Å². The Morgan fingerprint density at radius 3 is 2.68 bits per heavy atom. The second-order valence-electron chi connectivity index (χ2n) is 4.44. The Morgan fingerprint density at radius 1 is 1.42 bits per heavy atom. The van der Waals surface area contributed by atoms with Gasteiger partial charge < -0.3 is 14.5 Å². The first-order chi connectivity index (χ1) is 9.09. The lowest BCUT2D eigenvalue weighted by molar-refractivity contribution is -0.139. The standard InChI is InChI=1S/C14H16N2O3/c1-10-12(9-19-15-10)13(17)14(18)16(2)8-11-6-4-3-5-7-11/h3-7,9,13,17H,8H2,1-2H3. The summed E-state index contributed by atoms with van der Waals surface area (Å²) in [6, 6.07) is 9.60. The van der Waals surface area contributed by atoms with E-state index in [0.29, 0.717) is 17.8 Å². The first-order valence-electron chi connectivity index (χ1n) is 5.97. The molecule has 1 amide bonds. The number of rotatable bonds is 4. The second-order valence-corrected chi connectivity index (χ2v) is 4.44. The van der Waals surface area contributed by atoms with Crippen molar-refractivity contribution in [3.8, 4) is 0 Å². The fourth-order valence-electron chi connectivity index (χ4n) is 1.84. The highest BCUT2D eigenvalue weighted by atomic mass is 16.5. The zero-order chi connectivity index (χ0) is 13.8. The van der Waals surface area contributed by atoms with E-state index < -0.39 is 6.10 Å². The van der Waals surface area contributed by atoms with Crippen molar-refractivity contribution in [2.45, 2.75) is 19.6 Å². The lowest BCUT2D eigenvalue weighted by atomic mass is 10.1. The van der Waals surface area contributed by atoms with E-state index in [9.17, 15) is 9.90 Å². The predicted molar refractivity (Wildman–Crippen MR) is 69.1 cm³/mol. The highest BCUT2D eigenvalue weighted by Gasteiger charge is 2.24. The minimum absolute atomic E-state index is 0.379. The molecule has 0 saturated carbocycles. The van der Waals surface area contributed by atoms with Crippen LogP contribution >= 0.6 is 0 Å². The minimum atomic E-state index is -1.24. The van der Waals surface area contributed by atoms with Crippen LogP contribution in [0.5, 0.6) is 0 Å². The number of hydrogen-bond donors (Lipinski definition) is 1. The molecule has 5 heteroatoms. The van der Waals surface area contributed by atoms with Crippen LogP contribution in [-0.2, 0) is 11.3 Å². The van der Waals surface area contributed by atoms with E-state index in [2.05, 4.69) is 5.16 Å². The number of likely N-dealkylation sites (N-methyl/N-ethyl adjacent to an activating group) is 1. The summed E-state index contributed by atoms with van der Waals surface area (Å²) in [5.41, 5.74) is 1.94. The number of carbonyl (C=O) groups is 1. The number of aromatic nitrogens is 1. The Hall–Kier alpha value is -2.14. The Bertz CT molecular complexity index is 551. The molecule has 1 N–H and O–H groups in total. The van der Waals surface area contributed by atoms with Gasteiger partial charge in [-0.3, -0.25) is 4.79 Å². The van der Waals surface area contributed by atoms with Gasteiger partial charge in [0.15, 0.2) is 6.10 Å². The van der Waals surface area contributed by atoms with Crippen molar-refractivity contribution < 1.29 is 14.4 Å². The molecule has 0 bridgehead atoms. The number of aliphatic hydroxyl groups is 1. The first-order valence-corrected chi connectivity index (χ1v) is 5.97. The molecule has 1 unspecified atom stereocenters. The van der Waals surface area contributed by atoms with Crippen LogP contribution in [0.3, 0.4) is 0 Å². The number of amides is 1. The monoisotopic (exact) mass is 260 g/mol. The third-order valence-corrected chi connectivity index (χ3v) is 2.95. The second kappa shape index (κ2) is 5.67. The Morgan fingerprint density at radius 2 is 2.11 bits per heavy atom. The zero-order valence-electron chi connectivity index (χ0n) is 10.9. The molecule has 0 fully saturated rings. The van der Waals surface area contributed by atoms with Crippen molar-refractivity contribution in [1.82, 2.24) is 10.1 Å². The van der Waals surface area contributed by atoms with Crippen molar-refractivity contribution in [1.29, 1.82) is 0 Å². The van der Waals surface area contributed by atoms with Gasteiger partial charge >= 0.3 is 0 Å². The highest BCUT2D eigenvalue weighted by molar-refractivity contribution is 5.81. The molecule has 0 aliphatic carbocycles. The molecule has 1 heterocycles. The first kappa shape index (κ1) is 13.3. The lowest BCUT2D eigenvalue weighted by Gasteiger charge is -2.20. The molecule has 0 aliphatic rings. The molecule has 100 valence electrons. The molecule has 1 atom stereocenters. The summed E-state index contributed by atoms with van der Waals surface area (Å²) in [5.74, 6) is -0.379. The van der Waals surface area contributed by atoms with Crippen molar-refractivity contribution in [2.24, 2.45) is 0 Å². The van der Waals surface area contributed by atoms with Gasteiger partial charge in [0.05, 0.1) is 11.3 Å². The van der Waals surface area contributed by atoms with Gasteiger partial charge in [0.25, 0.3) is 5.91 Å². The smallest absolute Gasteiger partial charge is 0.256 e. The van der Waals surface area contributed by atoms with Crippen LogP contribution in [0.4, 0.5) is 0 Å². The van der Waals surface area contributed by atoms with E-state index in [1.165, 1.54) is 11.2 Å². The van der Waals surface area contributed by atoms with E-state index in [0.717, 1.165) is 5.56 Å². The van der Waals surface area contributed by atoms with Gasteiger partial charge in [-0.2, -0.15) is 0 Å². The van der Waals surface area contributed by atoms with Crippen LogP contribution in [-0.4, -0.2) is 28.1 Å². The van der Waals surface area contributed by atoms with Gasteiger partial charge in [-0.25, -0.2) is 0 Å². The molecule has 0 spiro atoms. The molecule has 1 aromatic carbocycles. The SMILES string of the molecule is Cc1nocc1C(O)C(=O)N(C)Cc1ccccc1. The maximum atomic E-state index is 12.1. The fraction of sp³-hybridized carbons (Fsp3) is 0.286. The fourth-order valence-corrected chi connectivity index (χ4v) is 1.84. The summed E-state index contributed by atoms with van der Waals surface area (Å²) in [7, 11) is 1.65. The van der Waals surface area contributed by atoms with E-state index >= 15 is 0 Å². The van der Waals surface area contributed by atoms with Crippen LogP contribution in [0.25, 0.3) is 0 Å². The van der Waals surface area contributed by atoms with Crippen molar-refractivity contribution >= 4 is 5.91 Å².